The van der Waals surface area contributed by atoms with Gasteiger partial charge in [-0.1, -0.05) is 11.8 Å². The standard InChI is InChI=1S/C15H15F2N3OS/c1-8-9(2)18-15(19-10(8)3)22-7-14(21)20-11-4-5-12(16)13(17)6-11/h4-6H,7H2,1-3H3,(H,20,21). The fourth-order valence-electron chi connectivity index (χ4n) is 1.71. The van der Waals surface area contributed by atoms with E-state index in [0.717, 1.165) is 29.1 Å². The Morgan fingerprint density at radius 1 is 1.14 bits per heavy atom. The number of hydrogen-bond donors (Lipinski definition) is 1. The first-order chi connectivity index (χ1) is 10.4. The molecular weight excluding hydrogens is 308 g/mol. The Labute approximate surface area is 131 Å². The fourth-order valence-corrected chi connectivity index (χ4v) is 2.44. The summed E-state index contributed by atoms with van der Waals surface area (Å²) in [4.78, 5) is 20.4. The Morgan fingerprint density at radius 2 is 1.77 bits per heavy atom. The molecule has 1 heterocycles. The lowest BCUT2D eigenvalue weighted by molar-refractivity contribution is -0.113. The molecule has 2 aromatic rings. The predicted molar refractivity (Wildman–Crippen MR) is 82.0 cm³/mol. The average Bonchev–Trinajstić information content (AvgIpc) is 2.46. The SMILES string of the molecule is Cc1nc(SCC(=O)Nc2ccc(F)c(F)c2)nc(C)c1C. The third-order valence-corrected chi connectivity index (χ3v) is 4.00. The number of carbonyl (C=O) groups is 1. The number of benzene rings is 1. The van der Waals surface area contributed by atoms with Crippen LogP contribution < -0.4 is 5.32 Å². The maximum absolute atomic E-state index is 13.1. The minimum absolute atomic E-state index is 0.0843. The van der Waals surface area contributed by atoms with Crippen molar-refractivity contribution < 1.29 is 13.6 Å². The molecule has 0 bridgehead atoms. The van der Waals surface area contributed by atoms with Gasteiger partial charge in [0.25, 0.3) is 0 Å². The van der Waals surface area contributed by atoms with Crippen molar-refractivity contribution >= 4 is 23.4 Å². The molecule has 0 radical (unpaired) electrons. The van der Waals surface area contributed by atoms with Gasteiger partial charge in [-0.05, 0) is 38.5 Å². The molecule has 0 aliphatic carbocycles. The Hall–Kier alpha value is -2.02. The minimum Gasteiger partial charge on any atom is -0.325 e. The quantitative estimate of drug-likeness (QED) is 0.692. The minimum atomic E-state index is -1.00. The van der Waals surface area contributed by atoms with Gasteiger partial charge in [0.15, 0.2) is 16.8 Å². The molecule has 4 nitrogen and oxygen atoms in total. The molecule has 0 spiro atoms. The molecule has 1 aromatic heterocycles. The topological polar surface area (TPSA) is 54.9 Å². The number of thioether (sulfide) groups is 1. The van der Waals surface area contributed by atoms with Crippen molar-refractivity contribution in [3.63, 3.8) is 0 Å². The van der Waals surface area contributed by atoms with Crippen molar-refractivity contribution in [1.29, 1.82) is 0 Å². The van der Waals surface area contributed by atoms with Crippen molar-refractivity contribution in [3.8, 4) is 0 Å². The number of carbonyl (C=O) groups excluding carboxylic acids is 1. The van der Waals surface area contributed by atoms with Gasteiger partial charge in [0.1, 0.15) is 0 Å². The molecule has 1 amide bonds. The summed E-state index contributed by atoms with van der Waals surface area (Å²) in [5, 5.41) is 3.01. The number of halogens is 2. The molecule has 0 saturated heterocycles. The van der Waals surface area contributed by atoms with E-state index in [1.165, 1.54) is 17.8 Å². The molecule has 2 rings (SSSR count). The number of nitrogens with one attached hydrogen (secondary N) is 1. The highest BCUT2D eigenvalue weighted by Gasteiger charge is 2.10. The molecule has 0 aliphatic heterocycles. The van der Waals surface area contributed by atoms with Crippen LogP contribution in [0.25, 0.3) is 0 Å². The van der Waals surface area contributed by atoms with E-state index in [0.29, 0.717) is 5.16 Å². The summed E-state index contributed by atoms with van der Waals surface area (Å²) in [6, 6.07) is 3.21. The molecule has 22 heavy (non-hydrogen) atoms. The van der Waals surface area contributed by atoms with Crippen LogP contribution in [0.1, 0.15) is 17.0 Å². The Bertz CT molecular complexity index is 699. The lowest BCUT2D eigenvalue weighted by atomic mass is 10.2. The number of amides is 1. The first-order valence-corrected chi connectivity index (χ1v) is 7.55. The molecule has 0 aliphatic rings. The third kappa shape index (κ3) is 4.00. The first-order valence-electron chi connectivity index (χ1n) is 6.56. The van der Waals surface area contributed by atoms with Crippen molar-refractivity contribution in [1.82, 2.24) is 9.97 Å². The molecule has 1 N–H and O–H groups in total. The number of nitrogens with zero attached hydrogens (tertiary/aromatic N) is 2. The van der Waals surface area contributed by atoms with Gasteiger partial charge in [-0.3, -0.25) is 4.79 Å². The van der Waals surface area contributed by atoms with Crippen LogP contribution in [-0.4, -0.2) is 21.6 Å². The lowest BCUT2D eigenvalue weighted by Gasteiger charge is -2.07. The molecule has 0 atom stereocenters. The second-order valence-corrected chi connectivity index (χ2v) is 5.71. The zero-order chi connectivity index (χ0) is 16.3. The van der Waals surface area contributed by atoms with E-state index in [1.54, 1.807) is 0 Å². The van der Waals surface area contributed by atoms with Crippen molar-refractivity contribution in [3.05, 3.63) is 46.8 Å². The highest BCUT2D eigenvalue weighted by Crippen LogP contribution is 2.18. The molecule has 7 heteroatoms. The van der Waals surface area contributed by atoms with Gasteiger partial charge >= 0.3 is 0 Å². The molecule has 0 unspecified atom stereocenters. The van der Waals surface area contributed by atoms with Crippen molar-refractivity contribution in [2.24, 2.45) is 0 Å². The van der Waals surface area contributed by atoms with Crippen molar-refractivity contribution in [2.45, 2.75) is 25.9 Å². The van der Waals surface area contributed by atoms with Gasteiger partial charge < -0.3 is 5.32 Å². The van der Waals surface area contributed by atoms with Crippen LogP contribution in [0.5, 0.6) is 0 Å². The van der Waals surface area contributed by atoms with Crippen LogP contribution >= 0.6 is 11.8 Å². The van der Waals surface area contributed by atoms with Crippen LogP contribution in [-0.2, 0) is 4.79 Å². The fraction of sp³-hybridized carbons (Fsp3) is 0.267. The summed E-state index contributed by atoms with van der Waals surface area (Å²) >= 11 is 1.19. The molecule has 0 fully saturated rings. The summed E-state index contributed by atoms with van der Waals surface area (Å²) in [5.41, 5.74) is 2.98. The van der Waals surface area contributed by atoms with Gasteiger partial charge in [-0.25, -0.2) is 18.7 Å². The van der Waals surface area contributed by atoms with Crippen LogP contribution in [0, 0.1) is 32.4 Å². The van der Waals surface area contributed by atoms with E-state index in [1.807, 2.05) is 20.8 Å². The average molecular weight is 323 g/mol. The van der Waals surface area contributed by atoms with Gasteiger partial charge in [-0.2, -0.15) is 0 Å². The van der Waals surface area contributed by atoms with E-state index in [-0.39, 0.29) is 17.3 Å². The highest BCUT2D eigenvalue weighted by atomic mass is 32.2. The zero-order valence-electron chi connectivity index (χ0n) is 12.4. The molecule has 116 valence electrons. The predicted octanol–water partition coefficient (Wildman–Crippen LogP) is 3.41. The molecule has 0 saturated carbocycles. The number of anilines is 1. The number of aryl methyl sites for hydroxylation is 2. The van der Waals surface area contributed by atoms with Gasteiger partial charge in [0, 0.05) is 23.1 Å². The van der Waals surface area contributed by atoms with E-state index in [9.17, 15) is 13.6 Å². The summed E-state index contributed by atoms with van der Waals surface area (Å²) in [7, 11) is 0. The Kier molecular flexibility index (Phi) is 5.07. The van der Waals surface area contributed by atoms with E-state index < -0.39 is 11.6 Å². The van der Waals surface area contributed by atoms with E-state index in [4.69, 9.17) is 0 Å². The second-order valence-electron chi connectivity index (χ2n) is 4.77. The first kappa shape index (κ1) is 16.4. The van der Waals surface area contributed by atoms with Gasteiger partial charge in [0.05, 0.1) is 5.75 Å². The maximum atomic E-state index is 13.1. The normalized spacial score (nSPS) is 10.6. The van der Waals surface area contributed by atoms with E-state index in [2.05, 4.69) is 15.3 Å². The van der Waals surface area contributed by atoms with Crippen LogP contribution in [0.4, 0.5) is 14.5 Å². The summed E-state index contributed by atoms with van der Waals surface area (Å²) in [6.45, 7) is 5.71. The Balaban J connectivity index is 1.96. The lowest BCUT2D eigenvalue weighted by Crippen LogP contribution is -2.14. The third-order valence-electron chi connectivity index (χ3n) is 3.15. The smallest absolute Gasteiger partial charge is 0.234 e. The molecule has 1 aromatic carbocycles. The Morgan fingerprint density at radius 3 is 2.36 bits per heavy atom. The van der Waals surface area contributed by atoms with Crippen molar-refractivity contribution in [2.75, 3.05) is 11.1 Å². The van der Waals surface area contributed by atoms with Crippen LogP contribution in [0.15, 0.2) is 23.4 Å². The van der Waals surface area contributed by atoms with Gasteiger partial charge in [-0.15, -0.1) is 0 Å². The summed E-state index contributed by atoms with van der Waals surface area (Å²) in [5.74, 6) is -2.21. The van der Waals surface area contributed by atoms with Gasteiger partial charge in [0.2, 0.25) is 5.91 Å². The molecular formula is C15H15F2N3OS. The number of aromatic nitrogens is 2. The monoisotopic (exact) mass is 323 g/mol. The number of rotatable bonds is 4. The second kappa shape index (κ2) is 6.83. The van der Waals surface area contributed by atoms with E-state index >= 15 is 0 Å². The van der Waals surface area contributed by atoms with Crippen LogP contribution in [0.2, 0.25) is 0 Å². The highest BCUT2D eigenvalue weighted by molar-refractivity contribution is 7.99. The van der Waals surface area contributed by atoms with Crippen LogP contribution in [0.3, 0.4) is 0 Å². The number of hydrogen-bond acceptors (Lipinski definition) is 4. The summed E-state index contributed by atoms with van der Waals surface area (Å²) in [6.07, 6.45) is 0. The summed E-state index contributed by atoms with van der Waals surface area (Å²) < 4.78 is 25.9. The maximum Gasteiger partial charge on any atom is 0.234 e. The largest absolute Gasteiger partial charge is 0.325 e. The zero-order valence-corrected chi connectivity index (χ0v) is 13.2.